The Bertz CT molecular complexity index is 1130. The van der Waals surface area contributed by atoms with Crippen LogP contribution in [0.25, 0.3) is 0 Å². The summed E-state index contributed by atoms with van der Waals surface area (Å²) in [5.74, 6) is -1.06. The van der Waals surface area contributed by atoms with Gasteiger partial charge in [0, 0.05) is 0 Å². The molecule has 160 valence electrons. The summed E-state index contributed by atoms with van der Waals surface area (Å²) in [5.41, 5.74) is 1.34. The Balaban J connectivity index is 1.60. The van der Waals surface area contributed by atoms with Gasteiger partial charge in [0.1, 0.15) is 18.8 Å². The van der Waals surface area contributed by atoms with Crippen LogP contribution in [-0.2, 0) is 33.0 Å². The first kappa shape index (κ1) is 21.8. The summed E-state index contributed by atoms with van der Waals surface area (Å²) in [7, 11) is -4.59. The Labute approximate surface area is 179 Å². The van der Waals surface area contributed by atoms with E-state index in [0.717, 1.165) is 5.56 Å². The highest BCUT2D eigenvalue weighted by Crippen LogP contribution is 2.21. The summed E-state index contributed by atoms with van der Waals surface area (Å²) in [4.78, 5) is 24.2. The quantitative estimate of drug-likeness (QED) is 0.532. The van der Waals surface area contributed by atoms with Crippen molar-refractivity contribution < 1.29 is 31.7 Å². The van der Waals surface area contributed by atoms with Crippen LogP contribution in [0, 0.1) is 0 Å². The molecule has 31 heavy (non-hydrogen) atoms. The van der Waals surface area contributed by atoms with Gasteiger partial charge in [0.15, 0.2) is 5.75 Å². The van der Waals surface area contributed by atoms with Crippen molar-refractivity contribution in [2.24, 2.45) is 0 Å². The highest BCUT2D eigenvalue weighted by atomic mass is 32.2. The second kappa shape index (κ2) is 10.3. The molecule has 3 aromatic carbocycles. The van der Waals surface area contributed by atoms with Gasteiger partial charge in [0.2, 0.25) is 0 Å². The van der Waals surface area contributed by atoms with Crippen molar-refractivity contribution in [1.82, 2.24) is 4.72 Å². The molecule has 3 rings (SSSR count). The van der Waals surface area contributed by atoms with E-state index in [1.807, 2.05) is 6.07 Å². The first-order chi connectivity index (χ1) is 14.9. The lowest BCUT2D eigenvalue weighted by atomic mass is 10.2. The molecule has 0 aliphatic rings. The molecular formula is C22H19NO7S. The van der Waals surface area contributed by atoms with Gasteiger partial charge in [-0.05, 0) is 23.3 Å². The fourth-order valence-corrected chi connectivity index (χ4v) is 3.19. The van der Waals surface area contributed by atoms with Crippen LogP contribution in [0.5, 0.6) is 5.75 Å². The second-order valence-electron chi connectivity index (χ2n) is 6.26. The Hall–Kier alpha value is -3.85. The minimum atomic E-state index is -4.59. The minimum Gasteiger partial charge on any atom is -0.457 e. The summed E-state index contributed by atoms with van der Waals surface area (Å²) in [6.07, 6.45) is -1.21. The molecule has 1 amide bonds. The summed E-state index contributed by atoms with van der Waals surface area (Å²) in [6.45, 7) is -0.116. The highest BCUT2D eigenvalue weighted by molar-refractivity contribution is 7.85. The standard InChI is InChI=1S/C22H19NO7S/c24-21(28-15-17-9-3-1-4-10-17)19-13-7-8-14-20(19)30-31(26,27)23-22(25)29-16-18-11-5-2-6-12-18/h1-14H,15-16H2,(H,23,25). The van der Waals surface area contributed by atoms with Crippen molar-refractivity contribution in [2.45, 2.75) is 13.2 Å². The summed E-state index contributed by atoms with van der Waals surface area (Å²) >= 11 is 0. The number of hydrogen-bond donors (Lipinski definition) is 1. The zero-order valence-electron chi connectivity index (χ0n) is 16.3. The first-order valence-corrected chi connectivity index (χ1v) is 10.6. The van der Waals surface area contributed by atoms with Crippen LogP contribution in [0.15, 0.2) is 84.9 Å². The molecule has 0 aromatic heterocycles. The Morgan fingerprint density at radius 2 is 1.23 bits per heavy atom. The van der Waals surface area contributed by atoms with Gasteiger partial charge in [-0.3, -0.25) is 0 Å². The van der Waals surface area contributed by atoms with E-state index in [-0.39, 0.29) is 24.5 Å². The molecule has 0 atom stereocenters. The average Bonchev–Trinajstić information content (AvgIpc) is 2.77. The van der Waals surface area contributed by atoms with E-state index < -0.39 is 22.4 Å². The van der Waals surface area contributed by atoms with Crippen molar-refractivity contribution in [3.05, 3.63) is 102 Å². The fraction of sp³-hybridized carbons (Fsp3) is 0.0909. The van der Waals surface area contributed by atoms with Gasteiger partial charge >= 0.3 is 22.4 Å². The summed E-state index contributed by atoms with van der Waals surface area (Å²) in [6, 6.07) is 23.4. The third kappa shape index (κ3) is 6.86. The molecule has 0 unspecified atom stereocenters. The number of para-hydroxylation sites is 1. The largest absolute Gasteiger partial charge is 0.457 e. The summed E-state index contributed by atoms with van der Waals surface area (Å²) in [5, 5.41) is 0. The molecule has 0 saturated carbocycles. The number of esters is 1. The average molecular weight is 441 g/mol. The highest BCUT2D eigenvalue weighted by Gasteiger charge is 2.22. The number of carbonyl (C=O) groups is 2. The predicted molar refractivity (Wildman–Crippen MR) is 111 cm³/mol. The van der Waals surface area contributed by atoms with Crippen LogP contribution < -0.4 is 8.91 Å². The van der Waals surface area contributed by atoms with Gasteiger partial charge in [-0.1, -0.05) is 72.8 Å². The molecule has 0 fully saturated rings. The van der Waals surface area contributed by atoms with Crippen molar-refractivity contribution in [2.75, 3.05) is 0 Å². The topological polar surface area (TPSA) is 108 Å². The van der Waals surface area contributed by atoms with Gasteiger partial charge in [-0.15, -0.1) is 0 Å². The number of ether oxygens (including phenoxy) is 2. The molecule has 9 heteroatoms. The van der Waals surface area contributed by atoms with Crippen molar-refractivity contribution in [3.8, 4) is 5.75 Å². The number of amides is 1. The molecule has 0 saturated heterocycles. The van der Waals surface area contributed by atoms with Crippen LogP contribution >= 0.6 is 0 Å². The number of rotatable bonds is 8. The van der Waals surface area contributed by atoms with E-state index in [0.29, 0.717) is 5.56 Å². The molecule has 8 nitrogen and oxygen atoms in total. The van der Waals surface area contributed by atoms with Gasteiger partial charge < -0.3 is 13.7 Å². The van der Waals surface area contributed by atoms with Gasteiger partial charge in [0.05, 0.1) is 0 Å². The molecule has 1 N–H and O–H groups in total. The van der Waals surface area contributed by atoms with E-state index in [2.05, 4.69) is 0 Å². The van der Waals surface area contributed by atoms with Crippen molar-refractivity contribution in [3.63, 3.8) is 0 Å². The SMILES string of the molecule is O=C(NS(=O)(=O)Oc1ccccc1C(=O)OCc1ccccc1)OCc1ccccc1. The molecule has 0 aliphatic heterocycles. The monoisotopic (exact) mass is 441 g/mol. The lowest BCUT2D eigenvalue weighted by Gasteiger charge is -2.12. The van der Waals surface area contributed by atoms with E-state index in [1.165, 1.54) is 24.3 Å². The van der Waals surface area contributed by atoms with E-state index in [9.17, 15) is 18.0 Å². The van der Waals surface area contributed by atoms with Gasteiger partial charge in [0.25, 0.3) is 0 Å². The zero-order chi connectivity index (χ0) is 22.1. The molecule has 0 aliphatic carbocycles. The van der Waals surface area contributed by atoms with Crippen molar-refractivity contribution in [1.29, 1.82) is 0 Å². The first-order valence-electron chi connectivity index (χ1n) is 9.16. The molecule has 3 aromatic rings. The van der Waals surface area contributed by atoms with Gasteiger partial charge in [-0.2, -0.15) is 13.1 Å². The smallest absolute Gasteiger partial charge is 0.423 e. The maximum atomic E-state index is 12.4. The lowest BCUT2D eigenvalue weighted by Crippen LogP contribution is -2.34. The maximum Gasteiger partial charge on any atom is 0.423 e. The number of benzene rings is 3. The minimum absolute atomic E-state index is 0.00478. The molecule has 0 bridgehead atoms. The van der Waals surface area contributed by atoms with E-state index in [4.69, 9.17) is 13.7 Å². The fourth-order valence-electron chi connectivity index (χ4n) is 2.50. The maximum absolute atomic E-state index is 12.4. The second-order valence-corrected chi connectivity index (χ2v) is 7.54. The van der Waals surface area contributed by atoms with Crippen LogP contribution in [0.1, 0.15) is 21.5 Å². The van der Waals surface area contributed by atoms with Crippen LogP contribution in [0.3, 0.4) is 0 Å². The molecular weight excluding hydrogens is 422 g/mol. The zero-order valence-corrected chi connectivity index (χ0v) is 17.1. The van der Waals surface area contributed by atoms with Crippen LogP contribution in [-0.4, -0.2) is 20.5 Å². The molecule has 0 radical (unpaired) electrons. The number of hydrogen-bond acceptors (Lipinski definition) is 7. The van der Waals surface area contributed by atoms with Gasteiger partial charge in [-0.25, -0.2) is 9.59 Å². The lowest BCUT2D eigenvalue weighted by molar-refractivity contribution is 0.0471. The van der Waals surface area contributed by atoms with Crippen LogP contribution in [0.4, 0.5) is 4.79 Å². The Morgan fingerprint density at radius 1 is 0.710 bits per heavy atom. The molecule has 0 heterocycles. The third-order valence-electron chi connectivity index (χ3n) is 3.94. The van der Waals surface area contributed by atoms with Crippen molar-refractivity contribution >= 4 is 22.4 Å². The number of nitrogens with one attached hydrogen (secondary N) is 1. The third-order valence-corrected chi connectivity index (χ3v) is 4.76. The Kier molecular flexibility index (Phi) is 7.23. The Morgan fingerprint density at radius 3 is 1.84 bits per heavy atom. The summed E-state index contributed by atoms with van der Waals surface area (Å²) < 4.78 is 41.0. The predicted octanol–water partition coefficient (Wildman–Crippen LogP) is 3.59. The normalized spacial score (nSPS) is 10.7. The number of carbonyl (C=O) groups excluding carboxylic acids is 2. The molecule has 0 spiro atoms. The van der Waals surface area contributed by atoms with E-state index >= 15 is 0 Å². The van der Waals surface area contributed by atoms with E-state index in [1.54, 1.807) is 59.3 Å². The van der Waals surface area contributed by atoms with Crippen LogP contribution in [0.2, 0.25) is 0 Å².